The van der Waals surface area contributed by atoms with Crippen LogP contribution in [-0.4, -0.2) is 10.8 Å². The molecule has 0 atom stereocenters. The molecule has 0 aliphatic carbocycles. The van der Waals surface area contributed by atoms with Gasteiger partial charge in [0.2, 0.25) is 0 Å². The van der Waals surface area contributed by atoms with Gasteiger partial charge in [-0.25, -0.2) is 4.98 Å². The molecule has 1 heterocycles. The molecule has 0 unspecified atom stereocenters. The van der Waals surface area contributed by atoms with E-state index in [4.69, 9.17) is 0 Å². The fourth-order valence-electron chi connectivity index (χ4n) is 2.29. The van der Waals surface area contributed by atoms with Crippen LogP contribution in [0.2, 0.25) is 0 Å². The first-order chi connectivity index (χ1) is 11.7. The van der Waals surface area contributed by atoms with Gasteiger partial charge in [0.25, 0.3) is 0 Å². The molecule has 0 amide bonds. The topological polar surface area (TPSA) is 65.8 Å². The fourth-order valence-corrected chi connectivity index (χ4v) is 3.12. The molecule has 0 fully saturated rings. The van der Waals surface area contributed by atoms with Crippen molar-refractivity contribution in [2.45, 2.75) is 13.5 Å². The molecule has 0 aliphatic rings. The molecule has 0 aliphatic heterocycles. The van der Waals surface area contributed by atoms with Gasteiger partial charge in [-0.05, 0) is 25.1 Å². The van der Waals surface area contributed by atoms with Crippen molar-refractivity contribution < 1.29 is 4.79 Å². The number of nitrogens with one attached hydrogen (secondary N) is 1. The van der Waals surface area contributed by atoms with E-state index < -0.39 is 0 Å². The first-order valence-corrected chi connectivity index (χ1v) is 8.34. The van der Waals surface area contributed by atoms with E-state index in [1.165, 1.54) is 6.92 Å². The number of Topliss-reactive ketones (excluding diaryl/α,β-unsaturated/α-hetero) is 1. The Labute approximate surface area is 144 Å². The zero-order valence-electron chi connectivity index (χ0n) is 13.1. The third-order valence-electron chi connectivity index (χ3n) is 3.58. The van der Waals surface area contributed by atoms with Crippen LogP contribution in [0, 0.1) is 11.3 Å². The van der Waals surface area contributed by atoms with Crippen molar-refractivity contribution in [2.24, 2.45) is 0 Å². The van der Waals surface area contributed by atoms with Gasteiger partial charge < -0.3 is 5.32 Å². The molecule has 0 saturated carbocycles. The second-order valence-corrected chi connectivity index (χ2v) is 6.15. The predicted octanol–water partition coefficient (Wildman–Crippen LogP) is 4.50. The summed E-state index contributed by atoms with van der Waals surface area (Å²) in [5.41, 5.74) is 3.73. The molecule has 4 nitrogen and oxygen atoms in total. The summed E-state index contributed by atoms with van der Waals surface area (Å²) in [5.74, 6) is -0.0254. The highest BCUT2D eigenvalue weighted by atomic mass is 32.1. The van der Waals surface area contributed by atoms with Crippen LogP contribution >= 0.6 is 11.3 Å². The number of anilines is 1. The fraction of sp³-hybridized carbons (Fsp3) is 0.105. The van der Waals surface area contributed by atoms with E-state index >= 15 is 0 Å². The lowest BCUT2D eigenvalue weighted by Crippen LogP contribution is -2.03. The van der Waals surface area contributed by atoms with Crippen LogP contribution in [0.15, 0.2) is 53.9 Å². The highest BCUT2D eigenvalue weighted by Gasteiger charge is 2.08. The van der Waals surface area contributed by atoms with Crippen molar-refractivity contribution in [2.75, 3.05) is 5.32 Å². The average molecular weight is 333 g/mol. The Bertz CT molecular complexity index is 910. The summed E-state index contributed by atoms with van der Waals surface area (Å²) in [7, 11) is 0. The molecule has 0 radical (unpaired) electrons. The Morgan fingerprint density at radius 2 is 2.04 bits per heavy atom. The lowest BCUT2D eigenvalue weighted by atomic mass is 10.1. The molecule has 3 aromatic rings. The molecule has 0 saturated heterocycles. The molecular formula is C19H15N3OS. The summed E-state index contributed by atoms with van der Waals surface area (Å²) in [6, 6.07) is 17.2. The largest absolute Gasteiger partial charge is 0.378 e. The van der Waals surface area contributed by atoms with E-state index in [1.807, 2.05) is 35.7 Å². The summed E-state index contributed by atoms with van der Waals surface area (Å²) in [6.45, 7) is 2.01. The van der Waals surface area contributed by atoms with Crippen molar-refractivity contribution in [3.63, 3.8) is 0 Å². The van der Waals surface area contributed by atoms with Gasteiger partial charge in [0.1, 0.15) is 11.1 Å². The summed E-state index contributed by atoms with van der Waals surface area (Å²) in [5, 5.41) is 15.4. The van der Waals surface area contributed by atoms with Crippen LogP contribution in [-0.2, 0) is 6.54 Å². The molecule has 2 aromatic carbocycles. The van der Waals surface area contributed by atoms with Gasteiger partial charge in [-0.3, -0.25) is 4.79 Å². The molecule has 0 spiro atoms. The van der Waals surface area contributed by atoms with E-state index in [2.05, 4.69) is 16.4 Å². The Morgan fingerprint density at radius 1 is 1.25 bits per heavy atom. The number of hydrogen-bond donors (Lipinski definition) is 1. The number of ketones is 1. The lowest BCUT2D eigenvalue weighted by Gasteiger charge is -2.08. The van der Waals surface area contributed by atoms with Gasteiger partial charge in [0, 0.05) is 16.5 Å². The lowest BCUT2D eigenvalue weighted by molar-refractivity contribution is 0.101. The average Bonchev–Trinajstić information content (AvgIpc) is 3.09. The van der Waals surface area contributed by atoms with Crippen LogP contribution in [0.5, 0.6) is 0 Å². The molecule has 0 bridgehead atoms. The van der Waals surface area contributed by atoms with E-state index in [0.717, 1.165) is 16.3 Å². The minimum absolute atomic E-state index is 0.0254. The van der Waals surface area contributed by atoms with Crippen LogP contribution in [0.25, 0.3) is 10.6 Å². The number of thiazole rings is 1. The highest BCUT2D eigenvalue weighted by molar-refractivity contribution is 7.13. The molecule has 5 heteroatoms. The maximum Gasteiger partial charge on any atom is 0.159 e. The second kappa shape index (κ2) is 7.07. The molecule has 3 rings (SSSR count). The number of rotatable bonds is 5. The Balaban J connectivity index is 1.77. The summed E-state index contributed by atoms with van der Waals surface area (Å²) in [6.07, 6.45) is 0. The van der Waals surface area contributed by atoms with Gasteiger partial charge >= 0.3 is 0 Å². The third kappa shape index (κ3) is 3.50. The Morgan fingerprint density at radius 3 is 2.75 bits per heavy atom. The maximum atomic E-state index is 11.5. The number of benzene rings is 2. The predicted molar refractivity (Wildman–Crippen MR) is 96.0 cm³/mol. The number of nitrogens with zero attached hydrogens (tertiary/aromatic N) is 2. The Hall–Kier alpha value is -2.97. The first-order valence-electron chi connectivity index (χ1n) is 7.46. The van der Waals surface area contributed by atoms with Crippen LogP contribution < -0.4 is 5.32 Å². The van der Waals surface area contributed by atoms with Crippen LogP contribution in [0.4, 0.5) is 5.69 Å². The van der Waals surface area contributed by atoms with E-state index in [1.54, 1.807) is 29.5 Å². The van der Waals surface area contributed by atoms with Crippen molar-refractivity contribution in [3.8, 4) is 16.6 Å². The SMILES string of the molecule is CC(=O)c1ccc(C#N)c(NCc2csc(-c3ccccc3)n2)c1. The summed E-state index contributed by atoms with van der Waals surface area (Å²) >= 11 is 1.59. The van der Waals surface area contributed by atoms with Gasteiger partial charge in [-0.1, -0.05) is 30.3 Å². The van der Waals surface area contributed by atoms with Gasteiger partial charge in [-0.15, -0.1) is 11.3 Å². The number of carbonyl (C=O) groups excluding carboxylic acids is 1. The van der Waals surface area contributed by atoms with E-state index in [-0.39, 0.29) is 5.78 Å². The zero-order chi connectivity index (χ0) is 16.9. The number of aromatic nitrogens is 1. The maximum absolute atomic E-state index is 11.5. The van der Waals surface area contributed by atoms with Crippen LogP contribution in [0.3, 0.4) is 0 Å². The molecular weight excluding hydrogens is 318 g/mol. The minimum atomic E-state index is -0.0254. The molecule has 1 aromatic heterocycles. The molecule has 1 N–H and O–H groups in total. The van der Waals surface area contributed by atoms with Crippen molar-refractivity contribution in [1.82, 2.24) is 4.98 Å². The van der Waals surface area contributed by atoms with Crippen LogP contribution in [0.1, 0.15) is 28.5 Å². The van der Waals surface area contributed by atoms with E-state index in [0.29, 0.717) is 23.4 Å². The van der Waals surface area contributed by atoms with Gasteiger partial charge in [-0.2, -0.15) is 5.26 Å². The standard InChI is InChI=1S/C19H15N3OS/c1-13(23)15-7-8-16(10-20)18(9-15)21-11-17-12-24-19(22-17)14-5-3-2-4-6-14/h2-9,12,21H,11H2,1H3. The second-order valence-electron chi connectivity index (χ2n) is 5.29. The van der Waals surface area contributed by atoms with Crippen molar-refractivity contribution >= 4 is 22.8 Å². The number of carbonyl (C=O) groups is 1. The van der Waals surface area contributed by atoms with Gasteiger partial charge in [0.05, 0.1) is 23.5 Å². The summed E-state index contributed by atoms with van der Waals surface area (Å²) in [4.78, 5) is 16.1. The minimum Gasteiger partial charge on any atom is -0.378 e. The van der Waals surface area contributed by atoms with Crippen molar-refractivity contribution in [3.05, 3.63) is 70.7 Å². The van der Waals surface area contributed by atoms with Crippen molar-refractivity contribution in [1.29, 1.82) is 5.26 Å². The quantitative estimate of drug-likeness (QED) is 0.698. The summed E-state index contributed by atoms with van der Waals surface area (Å²) < 4.78 is 0. The highest BCUT2D eigenvalue weighted by Crippen LogP contribution is 2.24. The van der Waals surface area contributed by atoms with E-state index in [9.17, 15) is 10.1 Å². The number of nitriles is 1. The monoisotopic (exact) mass is 333 g/mol. The van der Waals surface area contributed by atoms with Gasteiger partial charge in [0.15, 0.2) is 5.78 Å². The third-order valence-corrected chi connectivity index (χ3v) is 4.52. The Kier molecular flexibility index (Phi) is 4.69. The smallest absolute Gasteiger partial charge is 0.159 e. The zero-order valence-corrected chi connectivity index (χ0v) is 13.9. The molecule has 118 valence electrons. The normalized spacial score (nSPS) is 10.2. The first kappa shape index (κ1) is 15.9. The molecule has 24 heavy (non-hydrogen) atoms. The number of hydrogen-bond acceptors (Lipinski definition) is 5.